The minimum absolute atomic E-state index is 0.0573. The Bertz CT molecular complexity index is 251. The van der Waals surface area contributed by atoms with Crippen molar-refractivity contribution in [2.75, 3.05) is 13.1 Å². The summed E-state index contributed by atoms with van der Waals surface area (Å²) < 4.78 is 12.7. The van der Waals surface area contributed by atoms with Crippen LogP contribution < -0.4 is 0 Å². The molecule has 0 spiro atoms. The second-order valence-corrected chi connectivity index (χ2v) is 5.27. The second-order valence-electron chi connectivity index (χ2n) is 5.27. The Morgan fingerprint density at radius 1 is 1.46 bits per heavy atom. The molecule has 2 saturated heterocycles. The second kappa shape index (κ2) is 2.57. The van der Waals surface area contributed by atoms with Crippen molar-refractivity contribution in [1.82, 2.24) is 4.90 Å². The molecule has 0 radical (unpaired) electrons. The lowest BCUT2D eigenvalue weighted by Crippen LogP contribution is -2.64. The van der Waals surface area contributed by atoms with E-state index in [4.69, 9.17) is 0 Å². The first kappa shape index (κ1) is 9.20. The van der Waals surface area contributed by atoms with Gasteiger partial charge in [0.2, 0.25) is 0 Å². The largest absolute Gasteiger partial charge is 0.289 e. The third-order valence-electron chi connectivity index (χ3n) is 3.77. The van der Waals surface area contributed by atoms with Crippen LogP contribution in [0, 0.1) is 5.41 Å². The molecule has 74 valence electrons. The highest BCUT2D eigenvalue weighted by Crippen LogP contribution is 2.54. The molecule has 0 aromatic heterocycles. The van der Waals surface area contributed by atoms with Crippen LogP contribution in [0.15, 0.2) is 11.9 Å². The molecule has 1 nitrogen and oxygen atoms in total. The van der Waals surface area contributed by atoms with Gasteiger partial charge in [0, 0.05) is 6.54 Å². The molecule has 0 saturated carbocycles. The van der Waals surface area contributed by atoms with Gasteiger partial charge in [-0.25, -0.2) is 4.39 Å². The van der Waals surface area contributed by atoms with Crippen molar-refractivity contribution in [1.29, 1.82) is 0 Å². The number of rotatable bonds is 0. The van der Waals surface area contributed by atoms with Crippen molar-refractivity contribution < 1.29 is 4.39 Å². The minimum Gasteiger partial charge on any atom is -0.289 e. The smallest absolute Gasteiger partial charge is 0.0890 e. The summed E-state index contributed by atoms with van der Waals surface area (Å²) in [5.74, 6) is 0. The van der Waals surface area contributed by atoms with Gasteiger partial charge in [0.25, 0.3) is 0 Å². The van der Waals surface area contributed by atoms with Crippen LogP contribution in [0.5, 0.6) is 0 Å². The maximum Gasteiger partial charge on any atom is 0.0890 e. The van der Waals surface area contributed by atoms with Crippen LogP contribution >= 0.6 is 0 Å². The van der Waals surface area contributed by atoms with Gasteiger partial charge in [-0.1, -0.05) is 20.8 Å². The van der Waals surface area contributed by atoms with Gasteiger partial charge < -0.3 is 0 Å². The number of halogens is 1. The van der Waals surface area contributed by atoms with Gasteiger partial charge in [-0.3, -0.25) is 4.90 Å². The van der Waals surface area contributed by atoms with Crippen LogP contribution in [0.3, 0.4) is 0 Å². The Morgan fingerprint density at radius 2 is 2.15 bits per heavy atom. The Morgan fingerprint density at radius 3 is 2.62 bits per heavy atom. The average Bonchev–Trinajstić information content (AvgIpc) is 2.29. The average molecular weight is 183 g/mol. The predicted octanol–water partition coefficient (Wildman–Crippen LogP) is 2.73. The van der Waals surface area contributed by atoms with Crippen LogP contribution in [0.25, 0.3) is 0 Å². The topological polar surface area (TPSA) is 3.24 Å². The third-order valence-corrected chi connectivity index (χ3v) is 3.77. The summed E-state index contributed by atoms with van der Waals surface area (Å²) in [7, 11) is 0. The molecule has 2 rings (SSSR count). The van der Waals surface area contributed by atoms with E-state index in [1.165, 1.54) is 6.42 Å². The van der Waals surface area contributed by atoms with E-state index in [1.807, 2.05) is 0 Å². The van der Waals surface area contributed by atoms with Gasteiger partial charge in [-0.05, 0) is 30.4 Å². The molecule has 1 atom stereocenters. The molecular weight excluding hydrogens is 165 g/mol. The van der Waals surface area contributed by atoms with Gasteiger partial charge in [-0.2, -0.15) is 0 Å². The Balaban J connectivity index is 2.37. The normalized spacial score (nSPS) is 37.7. The van der Waals surface area contributed by atoms with Crippen LogP contribution in [0.1, 0.15) is 33.6 Å². The highest BCUT2D eigenvalue weighted by Gasteiger charge is 2.58. The molecule has 0 aromatic carbocycles. The Hall–Kier alpha value is -0.370. The highest BCUT2D eigenvalue weighted by molar-refractivity contribution is 5.35. The van der Waals surface area contributed by atoms with Gasteiger partial charge in [0.1, 0.15) is 0 Å². The lowest BCUT2D eigenvalue weighted by atomic mass is 9.63. The summed E-state index contributed by atoms with van der Waals surface area (Å²) >= 11 is 0. The number of fused-ring (bicyclic) bond motifs is 1. The van der Waals surface area contributed by atoms with Crippen molar-refractivity contribution in [2.45, 2.75) is 39.2 Å². The fourth-order valence-electron chi connectivity index (χ4n) is 3.15. The lowest BCUT2D eigenvalue weighted by molar-refractivity contribution is 0.00215. The maximum absolute atomic E-state index is 12.7. The first-order valence-electron chi connectivity index (χ1n) is 5.07. The van der Waals surface area contributed by atoms with E-state index in [2.05, 4.69) is 25.7 Å². The summed E-state index contributed by atoms with van der Waals surface area (Å²) in [6.07, 6.45) is 3.19. The predicted molar refractivity (Wildman–Crippen MR) is 52.2 cm³/mol. The third kappa shape index (κ3) is 0.954. The number of hydrogen-bond acceptors (Lipinski definition) is 1. The SMILES string of the molecule is CC(C)(C)C12CCCN1C/C2=C/F. The molecular formula is C11H18FN. The molecule has 2 aliphatic rings. The lowest BCUT2D eigenvalue weighted by Gasteiger charge is -2.58. The summed E-state index contributed by atoms with van der Waals surface area (Å²) in [4.78, 5) is 2.43. The summed E-state index contributed by atoms with van der Waals surface area (Å²) in [6, 6.07) is 0. The van der Waals surface area contributed by atoms with Gasteiger partial charge in [-0.15, -0.1) is 0 Å². The minimum atomic E-state index is 0.0573. The van der Waals surface area contributed by atoms with Gasteiger partial charge in [0.05, 0.1) is 11.9 Å². The van der Waals surface area contributed by atoms with E-state index in [-0.39, 0.29) is 11.0 Å². The number of nitrogens with zero attached hydrogens (tertiary/aromatic N) is 1. The maximum atomic E-state index is 12.7. The standard InChI is InChI=1S/C11H18FN/c1-10(2,3)11-5-4-6-13(11)8-9(11)7-12/h7H,4-6,8H2,1-3H3/b9-7-. The van der Waals surface area contributed by atoms with Crippen molar-refractivity contribution in [3.8, 4) is 0 Å². The zero-order valence-electron chi connectivity index (χ0n) is 8.73. The van der Waals surface area contributed by atoms with E-state index in [1.54, 1.807) is 0 Å². The summed E-state index contributed by atoms with van der Waals surface area (Å²) in [6.45, 7) is 8.65. The Kier molecular flexibility index (Phi) is 1.82. The fourth-order valence-corrected chi connectivity index (χ4v) is 3.15. The summed E-state index contributed by atoms with van der Waals surface area (Å²) in [5.41, 5.74) is 1.24. The van der Waals surface area contributed by atoms with Crippen molar-refractivity contribution >= 4 is 0 Å². The van der Waals surface area contributed by atoms with Crippen LogP contribution in [-0.2, 0) is 0 Å². The van der Waals surface area contributed by atoms with Crippen molar-refractivity contribution in [3.05, 3.63) is 11.9 Å². The summed E-state index contributed by atoms with van der Waals surface area (Å²) in [5, 5.41) is 0. The highest BCUT2D eigenvalue weighted by atomic mass is 19.1. The monoisotopic (exact) mass is 183 g/mol. The van der Waals surface area contributed by atoms with Crippen LogP contribution in [-0.4, -0.2) is 23.5 Å². The zero-order valence-corrected chi connectivity index (χ0v) is 8.73. The van der Waals surface area contributed by atoms with Gasteiger partial charge >= 0.3 is 0 Å². The van der Waals surface area contributed by atoms with E-state index in [0.717, 1.165) is 31.4 Å². The van der Waals surface area contributed by atoms with E-state index >= 15 is 0 Å². The molecule has 1 unspecified atom stereocenters. The van der Waals surface area contributed by atoms with Crippen molar-refractivity contribution in [2.24, 2.45) is 5.41 Å². The first-order chi connectivity index (χ1) is 6.02. The fraction of sp³-hybridized carbons (Fsp3) is 0.818. The van der Waals surface area contributed by atoms with E-state index in [9.17, 15) is 4.39 Å². The Labute approximate surface area is 79.6 Å². The van der Waals surface area contributed by atoms with Gasteiger partial charge in [0.15, 0.2) is 0 Å². The molecule has 13 heavy (non-hydrogen) atoms. The molecule has 0 N–H and O–H groups in total. The molecule has 2 heterocycles. The first-order valence-corrected chi connectivity index (χ1v) is 5.07. The molecule has 0 amide bonds. The zero-order chi connectivity index (χ0) is 9.69. The van der Waals surface area contributed by atoms with E-state index < -0.39 is 0 Å². The molecule has 0 aliphatic carbocycles. The van der Waals surface area contributed by atoms with E-state index in [0.29, 0.717) is 0 Å². The molecule has 2 aliphatic heterocycles. The van der Waals surface area contributed by atoms with Crippen LogP contribution in [0.2, 0.25) is 0 Å². The quantitative estimate of drug-likeness (QED) is 0.558. The molecule has 2 fully saturated rings. The molecule has 0 aromatic rings. The molecule has 0 bridgehead atoms. The van der Waals surface area contributed by atoms with Crippen LogP contribution in [0.4, 0.5) is 4.39 Å². The van der Waals surface area contributed by atoms with Crippen molar-refractivity contribution in [3.63, 3.8) is 0 Å². The number of hydrogen-bond donors (Lipinski definition) is 0. The molecule has 2 heteroatoms.